The highest BCUT2D eigenvalue weighted by atomic mass is 16.5. The Balaban J connectivity index is 4.49. The van der Waals surface area contributed by atoms with Crippen molar-refractivity contribution in [3.8, 4) is 0 Å². The van der Waals surface area contributed by atoms with Crippen LogP contribution < -0.4 is 11.5 Å². The number of carbonyl (C=O) groups excluding carboxylic acids is 2. The van der Waals surface area contributed by atoms with Crippen LogP contribution in [0.4, 0.5) is 0 Å². The van der Waals surface area contributed by atoms with Crippen LogP contribution >= 0.6 is 0 Å². The van der Waals surface area contributed by atoms with Crippen LogP contribution in [0.15, 0.2) is 0 Å². The third-order valence-electron chi connectivity index (χ3n) is 1.94. The van der Waals surface area contributed by atoms with Gasteiger partial charge in [0, 0.05) is 13.7 Å². The molecule has 0 bridgehead atoms. The third kappa shape index (κ3) is 6.48. The minimum absolute atomic E-state index is 0.0914. The van der Waals surface area contributed by atoms with Crippen molar-refractivity contribution in [2.75, 3.05) is 26.8 Å². The second-order valence-electron chi connectivity index (χ2n) is 3.42. The number of nitrogens with zero attached hydrogens (tertiary/aromatic N) is 1. The predicted molar refractivity (Wildman–Crippen MR) is 57.9 cm³/mol. The summed E-state index contributed by atoms with van der Waals surface area (Å²) in [4.78, 5) is 33.9. The van der Waals surface area contributed by atoms with Gasteiger partial charge in [0.15, 0.2) is 0 Å². The summed E-state index contributed by atoms with van der Waals surface area (Å²) in [6.45, 7) is -0.217. The summed E-state index contributed by atoms with van der Waals surface area (Å²) in [5.74, 6) is -2.52. The van der Waals surface area contributed by atoms with Gasteiger partial charge in [-0.15, -0.1) is 0 Å². The number of hydrogen-bond donors (Lipinski definition) is 3. The average molecular weight is 247 g/mol. The molecule has 0 aromatic rings. The summed E-state index contributed by atoms with van der Waals surface area (Å²) in [6.07, 6.45) is -0.318. The van der Waals surface area contributed by atoms with Gasteiger partial charge in [0.1, 0.15) is 6.54 Å². The molecule has 98 valence electrons. The van der Waals surface area contributed by atoms with Crippen LogP contribution in [-0.2, 0) is 19.1 Å². The number of rotatable bonds is 8. The lowest BCUT2D eigenvalue weighted by Gasteiger charge is -2.23. The largest absolute Gasteiger partial charge is 0.480 e. The maximum atomic E-state index is 11.7. The van der Waals surface area contributed by atoms with Gasteiger partial charge in [0.2, 0.25) is 11.8 Å². The van der Waals surface area contributed by atoms with Crippen molar-refractivity contribution >= 4 is 17.8 Å². The van der Waals surface area contributed by atoms with Gasteiger partial charge < -0.3 is 26.2 Å². The highest BCUT2D eigenvalue weighted by molar-refractivity contribution is 5.89. The molecular formula is C9H17N3O5. The van der Waals surface area contributed by atoms with E-state index in [0.717, 1.165) is 4.90 Å². The number of amides is 2. The molecule has 17 heavy (non-hydrogen) atoms. The smallest absolute Gasteiger partial charge is 0.323 e. The molecule has 0 spiro atoms. The summed E-state index contributed by atoms with van der Waals surface area (Å²) in [5, 5.41) is 8.63. The zero-order chi connectivity index (χ0) is 13.4. The topological polar surface area (TPSA) is 136 Å². The van der Waals surface area contributed by atoms with Crippen LogP contribution in [-0.4, -0.2) is 60.6 Å². The average Bonchev–Trinajstić information content (AvgIpc) is 2.21. The molecule has 1 atom stereocenters. The van der Waals surface area contributed by atoms with Crippen LogP contribution in [0.5, 0.6) is 0 Å². The fourth-order valence-corrected chi connectivity index (χ4v) is 1.17. The van der Waals surface area contributed by atoms with Crippen molar-refractivity contribution in [3.05, 3.63) is 0 Å². The molecule has 0 rings (SSSR count). The van der Waals surface area contributed by atoms with Crippen molar-refractivity contribution in [1.82, 2.24) is 4.90 Å². The van der Waals surface area contributed by atoms with Gasteiger partial charge in [0.05, 0.1) is 19.1 Å². The van der Waals surface area contributed by atoms with E-state index in [2.05, 4.69) is 0 Å². The van der Waals surface area contributed by atoms with E-state index >= 15 is 0 Å². The van der Waals surface area contributed by atoms with Crippen molar-refractivity contribution in [2.45, 2.75) is 12.5 Å². The number of carboxylic acid groups (broad SMARTS) is 1. The molecule has 2 amide bonds. The summed E-state index contributed by atoms with van der Waals surface area (Å²) < 4.78 is 4.75. The number of ether oxygens (including phenoxy) is 1. The first-order valence-corrected chi connectivity index (χ1v) is 4.92. The van der Waals surface area contributed by atoms with E-state index in [0.29, 0.717) is 0 Å². The van der Waals surface area contributed by atoms with Crippen molar-refractivity contribution in [1.29, 1.82) is 0 Å². The van der Waals surface area contributed by atoms with Crippen molar-refractivity contribution in [2.24, 2.45) is 11.5 Å². The molecule has 1 unspecified atom stereocenters. The Morgan fingerprint density at radius 2 is 2.00 bits per heavy atom. The lowest BCUT2D eigenvalue weighted by molar-refractivity contribution is -0.145. The fraction of sp³-hybridized carbons (Fsp3) is 0.667. The molecule has 0 fully saturated rings. The van der Waals surface area contributed by atoms with Crippen LogP contribution in [0.1, 0.15) is 6.42 Å². The number of methoxy groups -OCH3 is 1. The molecule has 0 aliphatic carbocycles. The molecule has 0 saturated carbocycles. The number of primary amides is 1. The number of nitrogens with two attached hydrogens (primary N) is 2. The van der Waals surface area contributed by atoms with Gasteiger partial charge in [-0.1, -0.05) is 0 Å². The second-order valence-corrected chi connectivity index (χ2v) is 3.42. The molecule has 8 heteroatoms. The number of carbonyl (C=O) groups is 3. The van der Waals surface area contributed by atoms with Crippen LogP contribution in [0.3, 0.4) is 0 Å². The lowest BCUT2D eigenvalue weighted by Crippen LogP contribution is -2.48. The van der Waals surface area contributed by atoms with Gasteiger partial charge in [-0.25, -0.2) is 0 Å². The third-order valence-corrected chi connectivity index (χ3v) is 1.94. The molecule has 0 radical (unpaired) electrons. The van der Waals surface area contributed by atoms with Crippen LogP contribution in [0.25, 0.3) is 0 Å². The van der Waals surface area contributed by atoms with E-state index in [1.807, 2.05) is 0 Å². The first kappa shape index (κ1) is 15.3. The summed E-state index contributed by atoms with van der Waals surface area (Å²) in [6, 6.07) is -1.12. The van der Waals surface area contributed by atoms with E-state index in [4.69, 9.17) is 21.3 Å². The molecule has 0 aromatic heterocycles. The van der Waals surface area contributed by atoms with E-state index in [1.165, 1.54) is 7.11 Å². The Hall–Kier alpha value is -1.67. The monoisotopic (exact) mass is 247 g/mol. The lowest BCUT2D eigenvalue weighted by atomic mass is 10.2. The zero-order valence-corrected chi connectivity index (χ0v) is 9.59. The van der Waals surface area contributed by atoms with Crippen LogP contribution in [0, 0.1) is 0 Å². The Kier molecular flexibility index (Phi) is 6.83. The second kappa shape index (κ2) is 7.58. The van der Waals surface area contributed by atoms with E-state index in [-0.39, 0.29) is 19.6 Å². The Bertz CT molecular complexity index is 294. The Morgan fingerprint density at radius 1 is 1.41 bits per heavy atom. The van der Waals surface area contributed by atoms with Crippen LogP contribution in [0.2, 0.25) is 0 Å². The van der Waals surface area contributed by atoms with Gasteiger partial charge in [0.25, 0.3) is 0 Å². The van der Waals surface area contributed by atoms with Gasteiger partial charge in [-0.05, 0) is 0 Å². The standard InChI is InChI=1S/C9H17N3O5/c1-17-3-2-12(5-8(14)15)9(16)6(10)4-7(11)13/h6H,2-5,10H2,1H3,(H2,11,13)(H,14,15). The molecule has 8 nitrogen and oxygen atoms in total. The summed E-state index contributed by atoms with van der Waals surface area (Å²) >= 11 is 0. The normalized spacial score (nSPS) is 11.9. The quantitative estimate of drug-likeness (QED) is 0.443. The molecule has 0 saturated heterocycles. The van der Waals surface area contributed by atoms with E-state index in [9.17, 15) is 14.4 Å². The van der Waals surface area contributed by atoms with Crippen molar-refractivity contribution in [3.63, 3.8) is 0 Å². The number of aliphatic carboxylic acids is 1. The highest BCUT2D eigenvalue weighted by Crippen LogP contribution is 1.98. The minimum Gasteiger partial charge on any atom is -0.480 e. The summed E-state index contributed by atoms with van der Waals surface area (Å²) in [7, 11) is 1.42. The van der Waals surface area contributed by atoms with Gasteiger partial charge in [-0.3, -0.25) is 14.4 Å². The summed E-state index contributed by atoms with van der Waals surface area (Å²) in [5.41, 5.74) is 10.3. The van der Waals surface area contributed by atoms with Gasteiger partial charge >= 0.3 is 5.97 Å². The van der Waals surface area contributed by atoms with Gasteiger partial charge in [-0.2, -0.15) is 0 Å². The van der Waals surface area contributed by atoms with Crippen molar-refractivity contribution < 1.29 is 24.2 Å². The first-order valence-electron chi connectivity index (χ1n) is 4.92. The molecule has 0 aliphatic heterocycles. The van der Waals surface area contributed by atoms with E-state index < -0.39 is 30.4 Å². The molecule has 0 aliphatic rings. The molecular weight excluding hydrogens is 230 g/mol. The number of carboxylic acids is 1. The SMILES string of the molecule is COCCN(CC(=O)O)C(=O)C(N)CC(N)=O. The highest BCUT2D eigenvalue weighted by Gasteiger charge is 2.23. The molecule has 5 N–H and O–H groups in total. The predicted octanol–water partition coefficient (Wildman–Crippen LogP) is -2.25. The first-order chi connectivity index (χ1) is 7.88. The maximum Gasteiger partial charge on any atom is 0.323 e. The fourth-order valence-electron chi connectivity index (χ4n) is 1.17. The zero-order valence-electron chi connectivity index (χ0n) is 9.59. The Labute approximate surface area is 98.5 Å². The molecule has 0 aromatic carbocycles. The molecule has 0 heterocycles. The minimum atomic E-state index is -1.17. The van der Waals surface area contributed by atoms with E-state index in [1.54, 1.807) is 0 Å². The Morgan fingerprint density at radius 3 is 2.41 bits per heavy atom. The maximum absolute atomic E-state index is 11.7. The number of hydrogen-bond acceptors (Lipinski definition) is 5.